The third-order valence-corrected chi connectivity index (χ3v) is 8.36. The van der Waals surface area contributed by atoms with Crippen molar-refractivity contribution in [3.05, 3.63) is 48.5 Å². The van der Waals surface area contributed by atoms with Crippen LogP contribution < -0.4 is 10.5 Å². The molecule has 1 aliphatic heterocycles. The van der Waals surface area contributed by atoms with Crippen LogP contribution >= 0.6 is 23.7 Å². The predicted molar refractivity (Wildman–Crippen MR) is 126 cm³/mol. The van der Waals surface area contributed by atoms with Crippen LogP contribution in [-0.4, -0.2) is 63.5 Å². The van der Waals surface area contributed by atoms with Gasteiger partial charge in [-0.3, -0.25) is 10.0 Å². The molecule has 182 valence electrons. The summed E-state index contributed by atoms with van der Waals surface area (Å²) in [6, 6.07) is 13.2. The molecule has 2 aromatic rings. The van der Waals surface area contributed by atoms with Gasteiger partial charge in [-0.2, -0.15) is 13.2 Å². The van der Waals surface area contributed by atoms with E-state index < -0.39 is 20.2 Å². The van der Waals surface area contributed by atoms with Crippen molar-refractivity contribution in [3.8, 4) is 0 Å². The second-order valence-corrected chi connectivity index (χ2v) is 11.1. The lowest BCUT2D eigenvalue weighted by Gasteiger charge is -2.29. The van der Waals surface area contributed by atoms with Crippen molar-refractivity contribution in [2.24, 2.45) is 5.14 Å². The van der Waals surface area contributed by atoms with E-state index in [2.05, 4.69) is 10.2 Å². The minimum absolute atomic E-state index is 0.0780. The summed E-state index contributed by atoms with van der Waals surface area (Å²) in [5.41, 5.74) is -5.49. The fraction of sp³-hybridized carbons (Fsp3) is 0.429. The molecule has 1 fully saturated rings. The number of morpholine rings is 1. The van der Waals surface area contributed by atoms with Crippen LogP contribution in [0.5, 0.6) is 0 Å². The number of benzene rings is 2. The first-order valence-electron chi connectivity index (χ1n) is 10.3. The summed E-state index contributed by atoms with van der Waals surface area (Å²) >= 11 is 2.25. The molecule has 0 aliphatic carbocycles. The zero-order valence-electron chi connectivity index (χ0n) is 17.8. The molecule has 3 N–H and O–H groups in total. The quantitative estimate of drug-likeness (QED) is 0.355. The van der Waals surface area contributed by atoms with Gasteiger partial charge >= 0.3 is 5.51 Å². The van der Waals surface area contributed by atoms with Gasteiger partial charge in [0.25, 0.3) is 9.84 Å². The second kappa shape index (κ2) is 11.8. The Labute approximate surface area is 200 Å². The molecule has 33 heavy (non-hydrogen) atoms. The molecule has 3 rings (SSSR count). The molecule has 0 bridgehead atoms. The van der Waals surface area contributed by atoms with E-state index in [1.807, 2.05) is 30.3 Å². The molecular formula is C21H26F3N3O3S3. The Balaban J connectivity index is 1.83. The van der Waals surface area contributed by atoms with Crippen molar-refractivity contribution < 1.29 is 26.3 Å². The number of nitrogens with zero attached hydrogens (tertiary/aromatic N) is 1. The predicted octanol–water partition coefficient (Wildman–Crippen LogP) is 4.24. The van der Waals surface area contributed by atoms with Crippen LogP contribution in [0.15, 0.2) is 63.2 Å². The number of rotatable bonds is 10. The molecule has 0 spiro atoms. The van der Waals surface area contributed by atoms with E-state index in [4.69, 9.17) is 9.88 Å². The molecule has 6 nitrogen and oxygen atoms in total. The largest absolute Gasteiger partial charge is 0.501 e. The summed E-state index contributed by atoms with van der Waals surface area (Å²) in [6.45, 7) is 3.57. The smallest absolute Gasteiger partial charge is 0.380 e. The maximum Gasteiger partial charge on any atom is 0.501 e. The van der Waals surface area contributed by atoms with Crippen LogP contribution in [-0.2, 0) is 14.6 Å². The molecule has 0 saturated carbocycles. The van der Waals surface area contributed by atoms with Crippen molar-refractivity contribution in [1.29, 1.82) is 0 Å². The molecule has 2 aromatic carbocycles. The highest BCUT2D eigenvalue weighted by atomic mass is 32.2. The standard InChI is InChI=1S/C21H26F3N3O3S3/c22-21(23,24)33(28,29)20-14-18(32-25)6-7-19(20)26-16(8-9-27-10-12-30-13-11-27)15-31-17-4-2-1-3-5-17/h1-7,14,16,26H,8-13,15,25H2. The van der Waals surface area contributed by atoms with Crippen LogP contribution in [0.1, 0.15) is 6.42 Å². The van der Waals surface area contributed by atoms with E-state index in [0.717, 1.165) is 24.1 Å². The third-order valence-electron chi connectivity index (χ3n) is 5.13. The molecule has 1 atom stereocenters. The minimum atomic E-state index is -5.55. The fourth-order valence-corrected chi connectivity index (χ4v) is 5.68. The Morgan fingerprint density at radius 2 is 1.79 bits per heavy atom. The van der Waals surface area contributed by atoms with Gasteiger partial charge in [0, 0.05) is 41.2 Å². The van der Waals surface area contributed by atoms with E-state index in [-0.39, 0.29) is 16.6 Å². The fourth-order valence-electron chi connectivity index (χ4n) is 3.34. The van der Waals surface area contributed by atoms with E-state index in [1.54, 1.807) is 11.8 Å². The lowest BCUT2D eigenvalue weighted by atomic mass is 10.2. The van der Waals surface area contributed by atoms with Gasteiger partial charge in [-0.25, -0.2) is 8.42 Å². The average molecular weight is 522 g/mol. The first-order valence-corrected chi connectivity index (χ1v) is 13.6. The van der Waals surface area contributed by atoms with Gasteiger partial charge in [0.05, 0.1) is 18.9 Å². The summed E-state index contributed by atoms with van der Waals surface area (Å²) in [7, 11) is -5.55. The number of hydrogen-bond acceptors (Lipinski definition) is 8. The lowest BCUT2D eigenvalue weighted by molar-refractivity contribution is -0.0435. The maximum absolute atomic E-state index is 13.4. The highest BCUT2D eigenvalue weighted by molar-refractivity contribution is 7.99. The average Bonchev–Trinajstić information content (AvgIpc) is 2.81. The van der Waals surface area contributed by atoms with Gasteiger partial charge in [0.1, 0.15) is 4.90 Å². The highest BCUT2D eigenvalue weighted by Crippen LogP contribution is 2.36. The maximum atomic E-state index is 13.4. The molecule has 1 saturated heterocycles. The summed E-state index contributed by atoms with van der Waals surface area (Å²) < 4.78 is 70.0. The first kappa shape index (κ1) is 26.2. The first-order chi connectivity index (χ1) is 15.7. The molecule has 1 aliphatic rings. The Morgan fingerprint density at radius 1 is 1.09 bits per heavy atom. The van der Waals surface area contributed by atoms with Gasteiger partial charge in [-0.1, -0.05) is 18.2 Å². The number of anilines is 1. The second-order valence-electron chi connectivity index (χ2n) is 7.43. The Hall–Kier alpha value is -1.44. The van der Waals surface area contributed by atoms with E-state index in [0.29, 0.717) is 43.9 Å². The van der Waals surface area contributed by atoms with Crippen LogP contribution in [0, 0.1) is 0 Å². The van der Waals surface area contributed by atoms with E-state index >= 15 is 0 Å². The van der Waals surface area contributed by atoms with Gasteiger partial charge < -0.3 is 10.1 Å². The number of alkyl halides is 3. The monoisotopic (exact) mass is 521 g/mol. The number of nitrogens with two attached hydrogens (primary N) is 1. The van der Waals surface area contributed by atoms with E-state index in [9.17, 15) is 21.6 Å². The van der Waals surface area contributed by atoms with Gasteiger partial charge in [-0.15, -0.1) is 11.8 Å². The van der Waals surface area contributed by atoms with Gasteiger partial charge in [-0.05, 0) is 48.7 Å². The van der Waals surface area contributed by atoms with Crippen LogP contribution in [0.2, 0.25) is 0 Å². The molecule has 0 aromatic heterocycles. The van der Waals surface area contributed by atoms with Crippen LogP contribution in [0.4, 0.5) is 18.9 Å². The molecule has 1 unspecified atom stereocenters. The van der Waals surface area contributed by atoms with Crippen molar-refractivity contribution >= 4 is 39.2 Å². The van der Waals surface area contributed by atoms with Crippen LogP contribution in [0.25, 0.3) is 0 Å². The SMILES string of the molecule is NSc1ccc(NC(CCN2CCOCC2)CSc2ccccc2)c(S(=O)(=O)C(F)(F)F)c1. The number of ether oxygens (including phenoxy) is 1. The zero-order valence-corrected chi connectivity index (χ0v) is 20.2. The third kappa shape index (κ3) is 7.27. The summed E-state index contributed by atoms with van der Waals surface area (Å²) in [4.78, 5) is 2.67. The van der Waals surface area contributed by atoms with Crippen molar-refractivity contribution in [1.82, 2.24) is 4.90 Å². The zero-order chi connectivity index (χ0) is 23.9. The van der Waals surface area contributed by atoms with Crippen molar-refractivity contribution in [2.75, 3.05) is 43.9 Å². The Bertz CT molecular complexity index is 1000. The van der Waals surface area contributed by atoms with Crippen molar-refractivity contribution in [2.45, 2.75) is 32.7 Å². The Morgan fingerprint density at radius 3 is 2.42 bits per heavy atom. The highest BCUT2D eigenvalue weighted by Gasteiger charge is 2.48. The van der Waals surface area contributed by atoms with Gasteiger partial charge in [0.15, 0.2) is 0 Å². The molecular weight excluding hydrogens is 495 g/mol. The number of nitrogens with one attached hydrogen (secondary N) is 1. The summed E-state index contributed by atoms with van der Waals surface area (Å²) in [6.07, 6.45) is 0.624. The number of sulfone groups is 1. The number of halogens is 3. The number of hydrogen-bond donors (Lipinski definition) is 2. The normalized spacial score (nSPS) is 16.5. The molecule has 0 amide bonds. The van der Waals surface area contributed by atoms with Gasteiger partial charge in [0.2, 0.25) is 0 Å². The van der Waals surface area contributed by atoms with Crippen LogP contribution in [0.3, 0.4) is 0 Å². The van der Waals surface area contributed by atoms with E-state index in [1.165, 1.54) is 12.1 Å². The molecule has 0 radical (unpaired) electrons. The minimum Gasteiger partial charge on any atom is -0.380 e. The number of thioether (sulfide) groups is 1. The summed E-state index contributed by atoms with van der Waals surface area (Å²) in [5.74, 6) is 0.549. The van der Waals surface area contributed by atoms with Crippen molar-refractivity contribution in [3.63, 3.8) is 0 Å². The molecule has 12 heteroatoms. The summed E-state index contributed by atoms with van der Waals surface area (Å²) in [5, 5.41) is 8.54. The molecule has 1 heterocycles. The topological polar surface area (TPSA) is 84.7 Å². The lowest BCUT2D eigenvalue weighted by Crippen LogP contribution is -2.39. The Kier molecular flexibility index (Phi) is 9.36.